The van der Waals surface area contributed by atoms with E-state index in [1.54, 1.807) is 6.07 Å². The van der Waals surface area contributed by atoms with Crippen LogP contribution in [0.5, 0.6) is 0 Å². The van der Waals surface area contributed by atoms with Gasteiger partial charge in [-0.15, -0.1) is 0 Å². The number of rotatable bonds is 9. The number of aryl methyl sites for hydroxylation is 1. The topological polar surface area (TPSA) is 53.4 Å². The Balaban J connectivity index is 2.68. The maximum atomic E-state index is 13.9. The van der Waals surface area contributed by atoms with E-state index < -0.39 is 5.97 Å². The highest BCUT2D eigenvalue weighted by Crippen LogP contribution is 2.33. The van der Waals surface area contributed by atoms with Gasteiger partial charge in [-0.25, -0.2) is 4.39 Å². The minimum Gasteiger partial charge on any atom is -0.481 e. The van der Waals surface area contributed by atoms with Gasteiger partial charge in [-0.3, -0.25) is 9.78 Å². The number of hydrogen-bond acceptors (Lipinski definition) is 3. The van der Waals surface area contributed by atoms with Crippen molar-refractivity contribution in [2.75, 3.05) is 18.0 Å². The van der Waals surface area contributed by atoms with E-state index in [1.165, 1.54) is 12.1 Å². The molecule has 1 heterocycles. The smallest absolute Gasteiger partial charge is 0.307 e. The second-order valence-corrected chi connectivity index (χ2v) is 6.45. The molecule has 0 spiro atoms. The summed E-state index contributed by atoms with van der Waals surface area (Å²) < 4.78 is 13.9. The van der Waals surface area contributed by atoms with Gasteiger partial charge < -0.3 is 10.0 Å². The van der Waals surface area contributed by atoms with Crippen LogP contribution in [0, 0.1) is 12.7 Å². The first-order valence-corrected chi connectivity index (χ1v) is 9.03. The number of fused-ring (bicyclic) bond motifs is 1. The third-order valence-corrected chi connectivity index (χ3v) is 4.43. The number of carboxylic acid groups (broad SMARTS) is 1. The third-order valence-electron chi connectivity index (χ3n) is 4.43. The van der Waals surface area contributed by atoms with E-state index in [0.29, 0.717) is 22.2 Å². The van der Waals surface area contributed by atoms with Gasteiger partial charge in [-0.05, 0) is 38.0 Å². The van der Waals surface area contributed by atoms with E-state index in [0.717, 1.165) is 44.5 Å². The van der Waals surface area contributed by atoms with Crippen molar-refractivity contribution in [1.82, 2.24) is 4.98 Å². The summed E-state index contributed by atoms with van der Waals surface area (Å²) in [7, 11) is 0. The lowest BCUT2D eigenvalue weighted by Gasteiger charge is -2.29. The summed E-state index contributed by atoms with van der Waals surface area (Å²) in [5.74, 6) is -1.22. The molecule has 1 aromatic carbocycles. The lowest BCUT2D eigenvalue weighted by Crippen LogP contribution is -2.28. The molecule has 0 amide bonds. The molecule has 1 aromatic heterocycles. The summed E-state index contributed by atoms with van der Waals surface area (Å²) in [5, 5.41) is 10.1. The molecule has 2 rings (SSSR count). The second kappa shape index (κ2) is 8.79. The van der Waals surface area contributed by atoms with Crippen molar-refractivity contribution in [1.29, 1.82) is 0 Å². The molecule has 0 aliphatic carbocycles. The van der Waals surface area contributed by atoms with Crippen LogP contribution in [0.15, 0.2) is 18.2 Å². The standard InChI is InChI=1S/C20H27FN2O2/c1-4-6-10-23(11-7-5-2)20-16(13-19(24)25)14(3)22-18-9-8-15(21)12-17(18)20/h8-9,12H,4-7,10-11,13H2,1-3H3,(H,24,25). The van der Waals surface area contributed by atoms with Crippen LogP contribution in [-0.4, -0.2) is 29.1 Å². The van der Waals surface area contributed by atoms with E-state index in [-0.39, 0.29) is 12.2 Å². The maximum Gasteiger partial charge on any atom is 0.307 e. The molecule has 0 aliphatic heterocycles. The van der Waals surface area contributed by atoms with Crippen molar-refractivity contribution in [2.45, 2.75) is 52.9 Å². The molecule has 0 radical (unpaired) electrons. The van der Waals surface area contributed by atoms with Crippen LogP contribution in [0.3, 0.4) is 0 Å². The average molecular weight is 346 g/mol. The minimum atomic E-state index is -0.896. The Labute approximate surface area is 148 Å². The highest BCUT2D eigenvalue weighted by Gasteiger charge is 2.20. The molecule has 0 aliphatic rings. The number of aliphatic carboxylic acids is 1. The first-order chi connectivity index (χ1) is 12.0. The number of benzene rings is 1. The molecular formula is C20H27FN2O2. The first-order valence-electron chi connectivity index (χ1n) is 9.03. The van der Waals surface area contributed by atoms with Gasteiger partial charge in [0.2, 0.25) is 0 Å². The average Bonchev–Trinajstić information content (AvgIpc) is 2.56. The zero-order valence-electron chi connectivity index (χ0n) is 15.3. The predicted molar refractivity (Wildman–Crippen MR) is 99.8 cm³/mol. The van der Waals surface area contributed by atoms with Crippen molar-refractivity contribution >= 4 is 22.6 Å². The molecule has 0 saturated heterocycles. The van der Waals surface area contributed by atoms with Crippen molar-refractivity contribution in [3.8, 4) is 0 Å². The Kier molecular flexibility index (Phi) is 6.73. The van der Waals surface area contributed by atoms with Crippen LogP contribution in [0.4, 0.5) is 10.1 Å². The number of nitrogens with zero attached hydrogens (tertiary/aromatic N) is 2. The largest absolute Gasteiger partial charge is 0.481 e. The molecular weight excluding hydrogens is 319 g/mol. The molecule has 0 atom stereocenters. The summed E-state index contributed by atoms with van der Waals surface area (Å²) in [5.41, 5.74) is 2.94. The number of aromatic nitrogens is 1. The predicted octanol–water partition coefficient (Wildman–Crippen LogP) is 4.72. The van der Waals surface area contributed by atoms with Crippen LogP contribution in [0.1, 0.15) is 50.8 Å². The lowest BCUT2D eigenvalue weighted by atomic mass is 10.0. The second-order valence-electron chi connectivity index (χ2n) is 6.45. The number of carboxylic acids is 1. The number of halogens is 1. The van der Waals surface area contributed by atoms with Gasteiger partial charge >= 0.3 is 5.97 Å². The van der Waals surface area contributed by atoms with Gasteiger partial charge in [-0.2, -0.15) is 0 Å². The van der Waals surface area contributed by atoms with Gasteiger partial charge in [0.05, 0.1) is 17.6 Å². The molecule has 0 bridgehead atoms. The van der Waals surface area contributed by atoms with Gasteiger partial charge in [0, 0.05) is 29.7 Å². The number of unbranched alkanes of at least 4 members (excludes halogenated alkanes) is 2. The van der Waals surface area contributed by atoms with Gasteiger partial charge in [0.1, 0.15) is 5.82 Å². The maximum absolute atomic E-state index is 13.9. The first kappa shape index (κ1) is 19.2. The molecule has 0 fully saturated rings. The van der Waals surface area contributed by atoms with Crippen LogP contribution < -0.4 is 4.90 Å². The molecule has 0 unspecified atom stereocenters. The van der Waals surface area contributed by atoms with E-state index in [2.05, 4.69) is 23.7 Å². The number of anilines is 1. The fraction of sp³-hybridized carbons (Fsp3) is 0.500. The fourth-order valence-corrected chi connectivity index (χ4v) is 3.13. The Morgan fingerprint density at radius 2 is 1.84 bits per heavy atom. The zero-order valence-corrected chi connectivity index (χ0v) is 15.3. The molecule has 5 heteroatoms. The van der Waals surface area contributed by atoms with Crippen LogP contribution in [0.2, 0.25) is 0 Å². The molecule has 136 valence electrons. The Bertz CT molecular complexity index is 738. The summed E-state index contributed by atoms with van der Waals surface area (Å²) in [6.45, 7) is 7.76. The van der Waals surface area contributed by atoms with E-state index in [1.807, 2.05) is 6.92 Å². The number of carbonyl (C=O) groups is 1. The van der Waals surface area contributed by atoms with E-state index in [4.69, 9.17) is 0 Å². The van der Waals surface area contributed by atoms with Crippen LogP contribution in [-0.2, 0) is 11.2 Å². The van der Waals surface area contributed by atoms with Crippen LogP contribution in [0.25, 0.3) is 10.9 Å². The Hall–Kier alpha value is -2.17. The SMILES string of the molecule is CCCCN(CCCC)c1c(CC(=O)O)c(C)nc2ccc(F)cc12. The van der Waals surface area contributed by atoms with Crippen molar-refractivity contribution < 1.29 is 14.3 Å². The van der Waals surface area contributed by atoms with Gasteiger partial charge in [0.15, 0.2) is 0 Å². The monoisotopic (exact) mass is 346 g/mol. The normalized spacial score (nSPS) is 11.0. The van der Waals surface area contributed by atoms with Crippen molar-refractivity contribution in [3.63, 3.8) is 0 Å². The molecule has 2 aromatic rings. The van der Waals surface area contributed by atoms with Crippen molar-refractivity contribution in [2.24, 2.45) is 0 Å². The third kappa shape index (κ3) is 4.68. The van der Waals surface area contributed by atoms with Gasteiger partial charge in [-0.1, -0.05) is 26.7 Å². The van der Waals surface area contributed by atoms with Crippen LogP contribution >= 0.6 is 0 Å². The zero-order chi connectivity index (χ0) is 18.4. The molecule has 4 nitrogen and oxygen atoms in total. The van der Waals surface area contributed by atoms with Gasteiger partial charge in [0.25, 0.3) is 0 Å². The summed E-state index contributed by atoms with van der Waals surface area (Å²) >= 11 is 0. The highest BCUT2D eigenvalue weighted by atomic mass is 19.1. The summed E-state index contributed by atoms with van der Waals surface area (Å²) in [6, 6.07) is 4.55. The molecule has 0 saturated carbocycles. The Morgan fingerprint density at radius 3 is 2.40 bits per heavy atom. The highest BCUT2D eigenvalue weighted by molar-refractivity contribution is 5.95. The molecule has 1 N–H and O–H groups in total. The Morgan fingerprint density at radius 1 is 1.20 bits per heavy atom. The number of pyridine rings is 1. The van der Waals surface area contributed by atoms with Crippen molar-refractivity contribution in [3.05, 3.63) is 35.3 Å². The summed E-state index contributed by atoms with van der Waals surface area (Å²) in [6.07, 6.45) is 4.01. The van der Waals surface area contributed by atoms with E-state index >= 15 is 0 Å². The van der Waals surface area contributed by atoms with E-state index in [9.17, 15) is 14.3 Å². The lowest BCUT2D eigenvalue weighted by molar-refractivity contribution is -0.136. The number of hydrogen-bond donors (Lipinski definition) is 1. The minimum absolute atomic E-state index is 0.102. The molecule has 25 heavy (non-hydrogen) atoms. The fourth-order valence-electron chi connectivity index (χ4n) is 3.13. The summed E-state index contributed by atoms with van der Waals surface area (Å²) in [4.78, 5) is 18.1. The quantitative estimate of drug-likeness (QED) is 0.714.